The Labute approximate surface area is 168 Å². The molecule has 0 bridgehead atoms. The van der Waals surface area contributed by atoms with Crippen molar-refractivity contribution in [2.24, 2.45) is 0 Å². The lowest BCUT2D eigenvalue weighted by Gasteiger charge is -2.32. The van der Waals surface area contributed by atoms with Gasteiger partial charge in [-0.15, -0.1) is 0 Å². The highest BCUT2D eigenvalue weighted by Crippen LogP contribution is 2.44. The maximum absolute atomic E-state index is 15.2. The van der Waals surface area contributed by atoms with Crippen molar-refractivity contribution in [3.63, 3.8) is 0 Å². The summed E-state index contributed by atoms with van der Waals surface area (Å²) in [7, 11) is 1.43. The van der Waals surface area contributed by atoms with Gasteiger partial charge in [-0.3, -0.25) is 10.1 Å². The molecule has 1 aromatic heterocycles. The Hall–Kier alpha value is -2.27. The number of aromatic nitrogens is 1. The Balaban J connectivity index is 2.12. The largest absolute Gasteiger partial charge is 0.738 e. The zero-order valence-corrected chi connectivity index (χ0v) is 16.9. The van der Waals surface area contributed by atoms with Crippen LogP contribution in [0, 0.1) is 10.1 Å². The van der Waals surface area contributed by atoms with Crippen LogP contribution in [-0.4, -0.2) is 32.6 Å². The second-order valence-corrected chi connectivity index (χ2v) is 7.55. The van der Waals surface area contributed by atoms with E-state index in [-0.39, 0.29) is 26.3 Å². The molecule has 2 aliphatic heterocycles. The second-order valence-electron chi connectivity index (χ2n) is 5.93. The Kier molecular flexibility index (Phi) is 4.11. The van der Waals surface area contributed by atoms with E-state index < -0.39 is 11.9 Å². The van der Waals surface area contributed by atoms with Crippen molar-refractivity contribution in [3.8, 4) is 5.75 Å². The number of halogens is 4. The molecule has 6 nitrogen and oxygen atoms in total. The topological polar surface area (TPSA) is 60.3 Å². The molecule has 2 aliphatic rings. The van der Waals surface area contributed by atoms with Crippen LogP contribution >= 0.6 is 31.9 Å². The van der Waals surface area contributed by atoms with E-state index in [0.717, 1.165) is 8.96 Å². The Morgan fingerprint density at radius 2 is 1.96 bits per heavy atom. The predicted molar refractivity (Wildman–Crippen MR) is 105 cm³/mol. The van der Waals surface area contributed by atoms with Crippen molar-refractivity contribution in [1.82, 2.24) is 4.48 Å². The summed E-state index contributed by atoms with van der Waals surface area (Å²) in [5.74, 6) is 0.348. The molecule has 0 N–H and O–H groups in total. The van der Waals surface area contributed by atoms with Crippen LogP contribution in [0.3, 0.4) is 0 Å². The van der Waals surface area contributed by atoms with Gasteiger partial charge in [0.15, 0.2) is 5.70 Å². The maximum Gasteiger partial charge on any atom is 0.738 e. The van der Waals surface area contributed by atoms with Gasteiger partial charge in [0.05, 0.1) is 22.2 Å². The minimum atomic E-state index is -4.16. The first kappa shape index (κ1) is 18.1. The summed E-state index contributed by atoms with van der Waals surface area (Å²) in [6, 6.07) is 7.19. The van der Waals surface area contributed by atoms with E-state index in [1.54, 1.807) is 12.1 Å². The molecule has 27 heavy (non-hydrogen) atoms. The molecule has 0 atom stereocenters. The number of benzene rings is 1. The van der Waals surface area contributed by atoms with Crippen LogP contribution in [0.15, 0.2) is 52.8 Å². The molecule has 0 radical (unpaired) electrons. The molecule has 0 aliphatic carbocycles. The van der Waals surface area contributed by atoms with E-state index in [0.29, 0.717) is 16.9 Å². The van der Waals surface area contributed by atoms with Gasteiger partial charge in [-0.25, -0.2) is 0 Å². The standard InChI is InChI=1S/C16H10BBr2F2N3O3/c1-27-13-5-2-9(24(25)26)8-10(13)16-11-3-6-14(18)22(11)17(20,21)23-12(16)4-7-15(23)19/h2-8H,1H3. The third-order valence-electron chi connectivity index (χ3n) is 4.53. The van der Waals surface area contributed by atoms with Crippen molar-refractivity contribution in [1.29, 1.82) is 0 Å². The molecule has 1 aromatic carbocycles. The zero-order chi connectivity index (χ0) is 19.5. The molecule has 0 fully saturated rings. The molecule has 0 amide bonds. The Morgan fingerprint density at radius 1 is 1.22 bits per heavy atom. The molecule has 0 unspecified atom stereocenters. The van der Waals surface area contributed by atoms with Crippen molar-refractivity contribution in [2.45, 2.75) is 0 Å². The van der Waals surface area contributed by atoms with Gasteiger partial charge in [0.2, 0.25) is 4.62 Å². The number of nitrogens with zero attached hydrogens (tertiary/aromatic N) is 3. The lowest BCUT2D eigenvalue weighted by atomic mass is 9.86. The summed E-state index contributed by atoms with van der Waals surface area (Å²) in [6.45, 7) is -4.16. The molecule has 2 aromatic rings. The van der Waals surface area contributed by atoms with Gasteiger partial charge in [0.1, 0.15) is 5.75 Å². The summed E-state index contributed by atoms with van der Waals surface area (Å²) in [4.78, 5) is 10.7. The van der Waals surface area contributed by atoms with Crippen LogP contribution in [0.4, 0.5) is 14.3 Å². The molecule has 0 spiro atoms. The number of rotatable bonds is 3. The van der Waals surface area contributed by atoms with Gasteiger partial charge in [-0.2, -0.15) is 0 Å². The van der Waals surface area contributed by atoms with Gasteiger partial charge >= 0.3 is 6.97 Å². The summed E-state index contributed by atoms with van der Waals surface area (Å²) in [5.41, 5.74) is 1.10. The highest BCUT2D eigenvalue weighted by atomic mass is 79.9. The number of non-ortho nitro benzene ring substituents is 1. The number of nitro benzene ring substituents is 1. The minimum absolute atomic E-state index is 0.157. The average Bonchev–Trinajstić information content (AvgIpc) is 3.19. The molecular formula is C16H10BBr2F2N3O3. The average molecular weight is 501 g/mol. The molecule has 3 heterocycles. The quantitative estimate of drug-likeness (QED) is 0.353. The highest BCUT2D eigenvalue weighted by Gasteiger charge is 2.54. The fraction of sp³-hybridized carbons (Fsp3) is 0.0625. The van der Waals surface area contributed by atoms with Gasteiger partial charge in [-0.05, 0) is 34.1 Å². The number of fused-ring (bicyclic) bond motifs is 2. The van der Waals surface area contributed by atoms with E-state index in [9.17, 15) is 10.1 Å². The van der Waals surface area contributed by atoms with E-state index in [1.807, 2.05) is 0 Å². The van der Waals surface area contributed by atoms with Crippen LogP contribution in [0.5, 0.6) is 5.75 Å². The van der Waals surface area contributed by atoms with Crippen molar-refractivity contribution in [3.05, 3.63) is 74.2 Å². The monoisotopic (exact) mass is 499 g/mol. The van der Waals surface area contributed by atoms with Crippen LogP contribution in [0.2, 0.25) is 0 Å². The normalized spacial score (nSPS) is 17.2. The zero-order valence-electron chi connectivity index (χ0n) is 13.7. The molecule has 0 saturated heterocycles. The number of hydrogen-bond donors (Lipinski definition) is 0. The fourth-order valence-electron chi connectivity index (χ4n) is 3.41. The lowest BCUT2D eigenvalue weighted by Crippen LogP contribution is -2.50. The number of ether oxygens (including phenoxy) is 1. The molecule has 138 valence electrons. The van der Waals surface area contributed by atoms with E-state index >= 15 is 8.63 Å². The summed E-state index contributed by atoms with van der Waals surface area (Å²) in [5, 5.41) is 11.3. The van der Waals surface area contributed by atoms with Gasteiger partial charge in [-0.1, -0.05) is 0 Å². The van der Waals surface area contributed by atoms with Crippen molar-refractivity contribution in [2.75, 3.05) is 7.11 Å². The Morgan fingerprint density at radius 3 is 2.63 bits per heavy atom. The fourth-order valence-corrected chi connectivity index (χ4v) is 4.55. The predicted octanol–water partition coefficient (Wildman–Crippen LogP) is 4.54. The summed E-state index contributed by atoms with van der Waals surface area (Å²) < 4.78 is 38.0. The third kappa shape index (κ3) is 2.52. The van der Waals surface area contributed by atoms with Crippen LogP contribution in [0.25, 0.3) is 5.57 Å². The minimum Gasteiger partial charge on any atom is -0.496 e. The van der Waals surface area contributed by atoms with Crippen molar-refractivity contribution >= 4 is 54.7 Å². The SMILES string of the molecule is COc1ccc([N+](=O)[O-])cc1C1=C2C=CC(Br)=[N+]2[B-](F)(F)n2c(Br)ccc21. The highest BCUT2D eigenvalue weighted by molar-refractivity contribution is 9.18. The number of allylic oxidation sites excluding steroid dienone is 2. The maximum atomic E-state index is 15.2. The first-order valence-corrected chi connectivity index (χ1v) is 9.32. The second kappa shape index (κ2) is 6.13. The first-order chi connectivity index (χ1) is 12.8. The number of hydrogen-bond acceptors (Lipinski definition) is 3. The lowest BCUT2D eigenvalue weighted by molar-refractivity contribution is -0.384. The van der Waals surface area contributed by atoms with Gasteiger partial charge < -0.3 is 22.3 Å². The Bertz CT molecular complexity index is 1110. The van der Waals surface area contributed by atoms with Crippen LogP contribution < -0.4 is 4.74 Å². The van der Waals surface area contributed by atoms with E-state index in [4.69, 9.17) is 4.74 Å². The molecule has 0 saturated carbocycles. The smallest absolute Gasteiger partial charge is 0.496 e. The number of nitro groups is 1. The van der Waals surface area contributed by atoms with E-state index in [1.165, 1.54) is 37.5 Å². The first-order valence-electron chi connectivity index (χ1n) is 7.74. The van der Waals surface area contributed by atoms with Crippen LogP contribution in [-0.2, 0) is 0 Å². The van der Waals surface area contributed by atoms with Gasteiger partial charge in [0, 0.05) is 51.5 Å². The van der Waals surface area contributed by atoms with Crippen LogP contribution in [0.1, 0.15) is 11.3 Å². The molecule has 11 heteroatoms. The van der Waals surface area contributed by atoms with Crippen molar-refractivity contribution < 1.29 is 22.8 Å². The summed E-state index contributed by atoms with van der Waals surface area (Å²) >= 11 is 6.37. The number of methoxy groups -OCH3 is 1. The third-order valence-corrected chi connectivity index (χ3v) is 5.83. The molecule has 4 rings (SSSR count). The molecular weight excluding hydrogens is 491 g/mol. The van der Waals surface area contributed by atoms with E-state index in [2.05, 4.69) is 31.9 Å². The summed E-state index contributed by atoms with van der Waals surface area (Å²) in [6.07, 6.45) is 3.08. The van der Waals surface area contributed by atoms with Gasteiger partial charge in [0.25, 0.3) is 5.69 Å².